The molecule has 0 aliphatic rings. The second kappa shape index (κ2) is 8.08. The number of aromatic nitrogens is 2. The van der Waals surface area contributed by atoms with Gasteiger partial charge in [0.25, 0.3) is 0 Å². The Bertz CT molecular complexity index is 845. The molecule has 0 aliphatic carbocycles. The lowest BCUT2D eigenvalue weighted by Gasteiger charge is -2.17. The number of alkyl halides is 3. The zero-order valence-electron chi connectivity index (χ0n) is 16.0. The monoisotopic (exact) mass is 421 g/mol. The molecule has 0 radical (unpaired) electrons. The Kier molecular flexibility index (Phi) is 6.40. The number of anilines is 1. The fraction of sp³-hybridized carbons (Fsp3) is 0.500. The van der Waals surface area contributed by atoms with E-state index in [2.05, 4.69) is 31.2 Å². The topological polar surface area (TPSA) is 79.5 Å². The van der Waals surface area contributed by atoms with E-state index in [1.165, 1.54) is 0 Å². The Hall–Kier alpha value is -2.13. The van der Waals surface area contributed by atoms with Crippen molar-refractivity contribution in [2.75, 3.05) is 12.0 Å². The molecule has 0 spiro atoms. The van der Waals surface area contributed by atoms with Gasteiger partial charge in [-0.3, -0.25) is 5.43 Å². The van der Waals surface area contributed by atoms with Crippen LogP contribution in [0.3, 0.4) is 0 Å². The number of nitrogens with one attached hydrogen (secondary N) is 1. The second-order valence-electron chi connectivity index (χ2n) is 7.59. The average Bonchev–Trinajstić information content (AvgIpc) is 2.74. The van der Waals surface area contributed by atoms with Gasteiger partial charge in [0.1, 0.15) is 11.0 Å². The largest absolute Gasteiger partial charge is 0.493 e. The Morgan fingerprint density at radius 1 is 1.18 bits per heavy atom. The molecule has 0 fully saturated rings. The van der Waals surface area contributed by atoms with Crippen molar-refractivity contribution >= 4 is 17.4 Å². The maximum atomic E-state index is 12.8. The van der Waals surface area contributed by atoms with Crippen LogP contribution in [0, 0.1) is 12.3 Å². The van der Waals surface area contributed by atoms with Gasteiger partial charge in [-0.05, 0) is 30.9 Å². The van der Waals surface area contributed by atoms with Crippen LogP contribution in [0.2, 0.25) is 5.15 Å². The predicted molar refractivity (Wildman–Crippen MR) is 99.5 cm³/mol. The van der Waals surface area contributed by atoms with Gasteiger partial charge in [0.05, 0.1) is 12.2 Å². The van der Waals surface area contributed by atoms with Crippen molar-refractivity contribution in [3.63, 3.8) is 0 Å². The Morgan fingerprint density at radius 2 is 1.82 bits per heavy atom. The van der Waals surface area contributed by atoms with Crippen molar-refractivity contribution in [1.29, 1.82) is 0 Å². The fourth-order valence-corrected chi connectivity index (χ4v) is 2.62. The van der Waals surface area contributed by atoms with E-state index in [1.54, 1.807) is 6.92 Å². The maximum absolute atomic E-state index is 12.8. The molecule has 2 aromatic rings. The number of rotatable bonds is 6. The van der Waals surface area contributed by atoms with Crippen LogP contribution < -0.4 is 5.43 Å². The van der Waals surface area contributed by atoms with Crippen LogP contribution >= 0.6 is 11.6 Å². The molecule has 2 heterocycles. The number of pyridine rings is 1. The zero-order valence-corrected chi connectivity index (χ0v) is 16.7. The van der Waals surface area contributed by atoms with Gasteiger partial charge in [-0.15, -0.1) is 0 Å². The highest BCUT2D eigenvalue weighted by atomic mass is 35.5. The predicted octanol–water partition coefficient (Wildman–Crippen LogP) is 5.10. The van der Waals surface area contributed by atoms with Crippen LogP contribution in [0.1, 0.15) is 43.9 Å². The van der Waals surface area contributed by atoms with E-state index in [0.29, 0.717) is 17.7 Å². The summed E-state index contributed by atoms with van der Waals surface area (Å²) < 4.78 is 44.8. The summed E-state index contributed by atoms with van der Waals surface area (Å²) in [6.45, 7) is 8.35. The van der Waals surface area contributed by atoms with Crippen molar-refractivity contribution in [3.8, 4) is 11.8 Å². The van der Waals surface area contributed by atoms with E-state index in [0.717, 1.165) is 23.2 Å². The molecule has 3 N–H and O–H groups in total. The number of nitrogens with zero attached hydrogens (tertiary/aromatic N) is 2. The number of halogens is 4. The summed E-state index contributed by atoms with van der Waals surface area (Å²) in [7, 11) is 0. The quantitative estimate of drug-likeness (QED) is 0.446. The van der Waals surface area contributed by atoms with Crippen molar-refractivity contribution in [2.45, 2.75) is 46.9 Å². The third-order valence-electron chi connectivity index (χ3n) is 4.10. The second-order valence-corrected chi connectivity index (χ2v) is 7.95. The molecule has 0 unspecified atom stereocenters. The van der Waals surface area contributed by atoms with Crippen LogP contribution in [0.4, 0.5) is 19.0 Å². The highest BCUT2D eigenvalue weighted by Gasteiger charge is 2.34. The van der Waals surface area contributed by atoms with Gasteiger partial charge >= 0.3 is 6.18 Å². The molecule has 0 atom stereocenters. The van der Waals surface area contributed by atoms with Gasteiger partial charge in [-0.25, -0.2) is 4.98 Å². The summed E-state index contributed by atoms with van der Waals surface area (Å²) in [5, 5.41) is 19.9. The molecule has 0 amide bonds. The van der Waals surface area contributed by atoms with E-state index in [9.17, 15) is 23.4 Å². The minimum atomic E-state index is -4.63. The smallest absolute Gasteiger partial charge is 0.419 e. The van der Waals surface area contributed by atoms with Crippen molar-refractivity contribution in [2.24, 2.45) is 5.41 Å². The third-order valence-corrected chi connectivity index (χ3v) is 4.39. The first-order chi connectivity index (χ1) is 12.8. The Morgan fingerprint density at radius 3 is 2.36 bits per heavy atom. The lowest BCUT2D eigenvalue weighted by molar-refractivity contribution is -0.137. The fourth-order valence-electron chi connectivity index (χ4n) is 2.36. The molecule has 0 saturated heterocycles. The third kappa shape index (κ3) is 5.23. The number of ether oxygens (including phenoxy) is 1. The summed E-state index contributed by atoms with van der Waals surface area (Å²) in [4.78, 5) is 3.62. The molecule has 0 saturated carbocycles. The van der Waals surface area contributed by atoms with Crippen LogP contribution in [0.25, 0.3) is 0 Å². The van der Waals surface area contributed by atoms with E-state index >= 15 is 0 Å². The van der Waals surface area contributed by atoms with Crippen LogP contribution in [-0.2, 0) is 17.5 Å². The first-order valence-electron chi connectivity index (χ1n) is 8.52. The normalized spacial score (nSPS) is 12.4. The lowest BCUT2D eigenvalue weighted by atomic mass is 9.93. The first-order valence-corrected chi connectivity index (χ1v) is 8.89. The summed E-state index contributed by atoms with van der Waals surface area (Å²) in [5.74, 6) is -0.730. The molecule has 2 aromatic heterocycles. The Balaban J connectivity index is 2.18. The molecule has 156 valence electrons. The summed E-state index contributed by atoms with van der Waals surface area (Å²) in [5.41, 5.74) is 2.28. The van der Waals surface area contributed by atoms with Gasteiger partial charge in [-0.2, -0.15) is 17.8 Å². The summed E-state index contributed by atoms with van der Waals surface area (Å²) in [6.07, 6.45) is -3.82. The first kappa shape index (κ1) is 22.2. The molecule has 2 rings (SSSR count). The van der Waals surface area contributed by atoms with Crippen molar-refractivity contribution in [1.82, 2.24) is 9.66 Å². The molecule has 10 heteroatoms. The standard InChI is InChI=1S/C18H23ClF3N3O3/c1-10-11(9-28-8-7-17(2,3)4)16(27)25(15(10)26)24-13-6-5-12(14(19)23-13)18(20,21)22/h5-6,26-27H,7-9H2,1-4H3,(H,23,24). The van der Waals surface area contributed by atoms with Gasteiger partial charge in [-0.1, -0.05) is 32.4 Å². The van der Waals surface area contributed by atoms with E-state index < -0.39 is 16.9 Å². The molecular formula is C18H23ClF3N3O3. The van der Waals surface area contributed by atoms with Gasteiger partial charge in [0.2, 0.25) is 11.8 Å². The lowest BCUT2D eigenvalue weighted by Crippen LogP contribution is -2.12. The van der Waals surface area contributed by atoms with E-state index in [1.807, 2.05) is 0 Å². The molecule has 0 aromatic carbocycles. The molecular weight excluding hydrogens is 399 g/mol. The van der Waals surface area contributed by atoms with Crippen molar-refractivity contribution < 1.29 is 28.1 Å². The number of hydrogen-bond acceptors (Lipinski definition) is 5. The van der Waals surface area contributed by atoms with Crippen LogP contribution in [0.5, 0.6) is 11.8 Å². The van der Waals surface area contributed by atoms with Crippen LogP contribution in [0.15, 0.2) is 12.1 Å². The molecule has 6 nitrogen and oxygen atoms in total. The number of hydrogen-bond donors (Lipinski definition) is 3. The Labute approximate surface area is 165 Å². The highest BCUT2D eigenvalue weighted by molar-refractivity contribution is 6.30. The zero-order chi connectivity index (χ0) is 21.3. The van der Waals surface area contributed by atoms with E-state index in [-0.39, 0.29) is 29.6 Å². The minimum Gasteiger partial charge on any atom is -0.493 e. The minimum absolute atomic E-state index is 0.0666. The van der Waals surface area contributed by atoms with Gasteiger partial charge in [0, 0.05) is 17.7 Å². The van der Waals surface area contributed by atoms with Gasteiger partial charge < -0.3 is 14.9 Å². The molecule has 0 bridgehead atoms. The maximum Gasteiger partial charge on any atom is 0.419 e. The average molecular weight is 422 g/mol. The van der Waals surface area contributed by atoms with Crippen LogP contribution in [-0.4, -0.2) is 26.5 Å². The molecule has 28 heavy (non-hydrogen) atoms. The number of aromatic hydroxyl groups is 2. The summed E-state index contributed by atoms with van der Waals surface area (Å²) in [6, 6.07) is 1.81. The molecule has 0 aliphatic heterocycles. The highest BCUT2D eigenvalue weighted by Crippen LogP contribution is 2.36. The van der Waals surface area contributed by atoms with Crippen molar-refractivity contribution in [3.05, 3.63) is 34.0 Å². The SMILES string of the molecule is Cc1c(COCCC(C)(C)C)c(O)n(Nc2ccc(C(F)(F)F)c(Cl)n2)c1O. The van der Waals surface area contributed by atoms with Gasteiger partial charge in [0.15, 0.2) is 0 Å². The van der Waals surface area contributed by atoms with E-state index in [4.69, 9.17) is 16.3 Å². The summed E-state index contributed by atoms with van der Waals surface area (Å²) >= 11 is 5.59.